The molecule has 0 amide bonds. The van der Waals surface area contributed by atoms with Crippen LogP contribution in [0.5, 0.6) is 5.75 Å². The third-order valence-corrected chi connectivity index (χ3v) is 3.46. The van der Waals surface area contributed by atoms with Crippen molar-refractivity contribution in [3.63, 3.8) is 0 Å². The standard InChI is InChI=1S/C18H31N3O.HI/c1-5-8-15-21(4)18(19-6-2)20-14-13-16-11-9-10-12-17(16)22-7-3;/h9-12H,5-8,13-15H2,1-4H3,(H,19,20);1H. The van der Waals surface area contributed by atoms with E-state index in [1.165, 1.54) is 18.4 Å². The highest BCUT2D eigenvalue weighted by molar-refractivity contribution is 14.0. The Labute approximate surface area is 158 Å². The van der Waals surface area contributed by atoms with Gasteiger partial charge in [0.1, 0.15) is 5.75 Å². The third-order valence-electron chi connectivity index (χ3n) is 3.46. The Kier molecular flexibility index (Phi) is 12.9. The Morgan fingerprint density at radius 1 is 1.22 bits per heavy atom. The Morgan fingerprint density at radius 3 is 2.61 bits per heavy atom. The zero-order chi connectivity index (χ0) is 16.2. The number of hydrogen-bond acceptors (Lipinski definition) is 2. The lowest BCUT2D eigenvalue weighted by molar-refractivity contribution is 0.336. The quantitative estimate of drug-likeness (QED) is 0.364. The zero-order valence-corrected chi connectivity index (χ0v) is 17.3. The molecular formula is C18H32IN3O. The van der Waals surface area contributed by atoms with Gasteiger partial charge in [0.15, 0.2) is 5.96 Å². The number of aliphatic imine (C=N–C) groups is 1. The monoisotopic (exact) mass is 433 g/mol. The van der Waals surface area contributed by atoms with E-state index in [0.717, 1.165) is 37.8 Å². The average molecular weight is 433 g/mol. The first-order chi connectivity index (χ1) is 10.7. The number of halogens is 1. The van der Waals surface area contributed by atoms with Crippen LogP contribution in [0, 0.1) is 0 Å². The fourth-order valence-electron chi connectivity index (χ4n) is 2.26. The van der Waals surface area contributed by atoms with Crippen LogP contribution in [0.1, 0.15) is 39.2 Å². The predicted octanol–water partition coefficient (Wildman–Crippen LogP) is 3.94. The Hall–Kier alpha value is -0.980. The molecule has 1 N–H and O–H groups in total. The molecule has 5 heteroatoms. The highest BCUT2D eigenvalue weighted by Crippen LogP contribution is 2.18. The Balaban J connectivity index is 0.00000484. The fraction of sp³-hybridized carbons (Fsp3) is 0.611. The minimum absolute atomic E-state index is 0. The smallest absolute Gasteiger partial charge is 0.193 e. The highest BCUT2D eigenvalue weighted by Gasteiger charge is 2.05. The van der Waals surface area contributed by atoms with E-state index in [1.54, 1.807) is 0 Å². The van der Waals surface area contributed by atoms with Crippen molar-refractivity contribution >= 4 is 29.9 Å². The summed E-state index contributed by atoms with van der Waals surface area (Å²) in [6, 6.07) is 8.22. The van der Waals surface area contributed by atoms with Crippen molar-refractivity contribution in [2.24, 2.45) is 4.99 Å². The van der Waals surface area contributed by atoms with Gasteiger partial charge in [0.2, 0.25) is 0 Å². The van der Waals surface area contributed by atoms with Crippen molar-refractivity contribution in [3.05, 3.63) is 29.8 Å². The van der Waals surface area contributed by atoms with E-state index in [-0.39, 0.29) is 24.0 Å². The van der Waals surface area contributed by atoms with Crippen LogP contribution in [0.25, 0.3) is 0 Å². The van der Waals surface area contributed by atoms with Gasteiger partial charge in [-0.15, -0.1) is 24.0 Å². The number of ether oxygens (including phenoxy) is 1. The molecule has 132 valence electrons. The number of hydrogen-bond donors (Lipinski definition) is 1. The molecule has 0 aromatic heterocycles. The SMILES string of the molecule is CCCCN(C)C(=NCCc1ccccc1OCC)NCC.I. The minimum Gasteiger partial charge on any atom is -0.494 e. The molecule has 0 radical (unpaired) electrons. The number of nitrogens with one attached hydrogen (secondary N) is 1. The van der Waals surface area contributed by atoms with Crippen LogP contribution < -0.4 is 10.1 Å². The fourth-order valence-corrected chi connectivity index (χ4v) is 2.26. The van der Waals surface area contributed by atoms with Crippen LogP contribution in [0.15, 0.2) is 29.3 Å². The first-order valence-corrected chi connectivity index (χ1v) is 8.43. The van der Waals surface area contributed by atoms with E-state index in [2.05, 4.69) is 43.2 Å². The zero-order valence-electron chi connectivity index (χ0n) is 15.0. The third kappa shape index (κ3) is 8.44. The topological polar surface area (TPSA) is 36.9 Å². The van der Waals surface area contributed by atoms with Gasteiger partial charge < -0.3 is 15.0 Å². The van der Waals surface area contributed by atoms with E-state index in [1.807, 2.05) is 19.1 Å². The van der Waals surface area contributed by atoms with Crippen molar-refractivity contribution in [1.29, 1.82) is 0 Å². The van der Waals surface area contributed by atoms with Crippen LogP contribution in [0.4, 0.5) is 0 Å². The summed E-state index contributed by atoms with van der Waals surface area (Å²) in [6.07, 6.45) is 3.28. The molecule has 0 unspecified atom stereocenters. The number of rotatable bonds is 9. The average Bonchev–Trinajstić information content (AvgIpc) is 2.53. The van der Waals surface area contributed by atoms with Crippen molar-refractivity contribution < 1.29 is 4.74 Å². The lowest BCUT2D eigenvalue weighted by Crippen LogP contribution is -2.39. The van der Waals surface area contributed by atoms with Crippen molar-refractivity contribution in [3.8, 4) is 5.75 Å². The molecule has 0 saturated heterocycles. The Bertz CT molecular complexity index is 452. The van der Waals surface area contributed by atoms with Gasteiger partial charge in [-0.3, -0.25) is 4.99 Å². The molecule has 0 bridgehead atoms. The van der Waals surface area contributed by atoms with E-state index in [0.29, 0.717) is 6.61 Å². The van der Waals surface area contributed by atoms with Crippen molar-refractivity contribution in [2.45, 2.75) is 40.0 Å². The predicted molar refractivity (Wildman–Crippen MR) is 110 cm³/mol. The molecule has 0 aliphatic carbocycles. The number of unbranched alkanes of at least 4 members (excludes halogenated alkanes) is 1. The van der Waals surface area contributed by atoms with Crippen LogP contribution in [0.2, 0.25) is 0 Å². The molecule has 4 nitrogen and oxygen atoms in total. The maximum absolute atomic E-state index is 5.67. The van der Waals surface area contributed by atoms with Gasteiger partial charge in [0.25, 0.3) is 0 Å². The molecule has 0 atom stereocenters. The summed E-state index contributed by atoms with van der Waals surface area (Å²) < 4.78 is 5.67. The number of benzene rings is 1. The highest BCUT2D eigenvalue weighted by atomic mass is 127. The van der Waals surface area contributed by atoms with Gasteiger partial charge in [-0.2, -0.15) is 0 Å². The van der Waals surface area contributed by atoms with Gasteiger partial charge in [-0.25, -0.2) is 0 Å². The molecule has 0 spiro atoms. The van der Waals surface area contributed by atoms with Gasteiger partial charge in [-0.1, -0.05) is 31.5 Å². The lowest BCUT2D eigenvalue weighted by Gasteiger charge is -2.21. The summed E-state index contributed by atoms with van der Waals surface area (Å²) in [4.78, 5) is 6.95. The first kappa shape index (κ1) is 22.0. The van der Waals surface area contributed by atoms with Crippen molar-refractivity contribution in [1.82, 2.24) is 10.2 Å². The Morgan fingerprint density at radius 2 is 1.96 bits per heavy atom. The van der Waals surface area contributed by atoms with Gasteiger partial charge >= 0.3 is 0 Å². The summed E-state index contributed by atoms with van der Waals surface area (Å²) in [5.74, 6) is 1.97. The van der Waals surface area contributed by atoms with Gasteiger partial charge in [0, 0.05) is 26.7 Å². The van der Waals surface area contributed by atoms with E-state index >= 15 is 0 Å². The summed E-state index contributed by atoms with van der Waals surface area (Å²) in [5.41, 5.74) is 1.22. The van der Waals surface area contributed by atoms with Gasteiger partial charge in [0.05, 0.1) is 6.61 Å². The van der Waals surface area contributed by atoms with Crippen LogP contribution in [0.3, 0.4) is 0 Å². The maximum atomic E-state index is 5.67. The van der Waals surface area contributed by atoms with Crippen LogP contribution in [-0.4, -0.2) is 44.1 Å². The van der Waals surface area contributed by atoms with E-state index in [9.17, 15) is 0 Å². The molecule has 0 fully saturated rings. The molecule has 1 aromatic carbocycles. The van der Waals surface area contributed by atoms with E-state index in [4.69, 9.17) is 9.73 Å². The summed E-state index contributed by atoms with van der Waals surface area (Å²) in [5, 5.41) is 3.36. The molecular weight excluding hydrogens is 401 g/mol. The number of para-hydroxylation sites is 1. The molecule has 0 aliphatic rings. The minimum atomic E-state index is 0. The summed E-state index contributed by atoms with van der Waals surface area (Å²) in [6.45, 7) is 9.73. The second kappa shape index (κ2) is 13.5. The maximum Gasteiger partial charge on any atom is 0.193 e. The normalized spacial score (nSPS) is 10.9. The number of nitrogens with zero attached hydrogens (tertiary/aromatic N) is 2. The van der Waals surface area contributed by atoms with E-state index < -0.39 is 0 Å². The summed E-state index contributed by atoms with van der Waals surface area (Å²) in [7, 11) is 2.10. The number of guanidine groups is 1. The molecule has 1 rings (SSSR count). The van der Waals surface area contributed by atoms with Crippen LogP contribution in [-0.2, 0) is 6.42 Å². The molecule has 1 aromatic rings. The molecule has 0 aliphatic heterocycles. The van der Waals surface area contributed by atoms with Gasteiger partial charge in [-0.05, 0) is 38.3 Å². The molecule has 23 heavy (non-hydrogen) atoms. The molecule has 0 heterocycles. The largest absolute Gasteiger partial charge is 0.494 e. The lowest BCUT2D eigenvalue weighted by atomic mass is 10.1. The van der Waals surface area contributed by atoms with Crippen LogP contribution >= 0.6 is 24.0 Å². The van der Waals surface area contributed by atoms with Crippen molar-refractivity contribution in [2.75, 3.05) is 33.3 Å². The second-order valence-electron chi connectivity index (χ2n) is 5.30. The molecule has 0 saturated carbocycles. The summed E-state index contributed by atoms with van der Waals surface area (Å²) >= 11 is 0. The first-order valence-electron chi connectivity index (χ1n) is 8.43. The second-order valence-corrected chi connectivity index (χ2v) is 5.30.